The normalized spacial score (nSPS) is 20.0. The minimum Gasteiger partial charge on any atom is -0.351 e. The summed E-state index contributed by atoms with van der Waals surface area (Å²) in [4.78, 5) is 23.9. The van der Waals surface area contributed by atoms with Crippen LogP contribution in [0.15, 0.2) is 0 Å². The van der Waals surface area contributed by atoms with Crippen molar-refractivity contribution >= 4 is 11.9 Å². The van der Waals surface area contributed by atoms with E-state index in [-0.39, 0.29) is 5.91 Å². The third-order valence-electron chi connectivity index (χ3n) is 2.85. The lowest BCUT2D eigenvalue weighted by Crippen LogP contribution is -2.41. The Kier molecular flexibility index (Phi) is 5.21. The van der Waals surface area contributed by atoms with Gasteiger partial charge in [-0.1, -0.05) is 6.92 Å². The van der Waals surface area contributed by atoms with Gasteiger partial charge >= 0.3 is 6.03 Å². The predicted molar refractivity (Wildman–Crippen MR) is 60.9 cm³/mol. The smallest absolute Gasteiger partial charge is 0.318 e. The molecule has 0 aliphatic carbocycles. The van der Waals surface area contributed by atoms with Gasteiger partial charge in [-0.3, -0.25) is 15.0 Å². The van der Waals surface area contributed by atoms with E-state index >= 15 is 0 Å². The summed E-state index contributed by atoms with van der Waals surface area (Å²) in [6.07, 6.45) is 1.43. The largest absolute Gasteiger partial charge is 0.351 e. The van der Waals surface area contributed by atoms with Gasteiger partial charge in [0.15, 0.2) is 0 Å². The fourth-order valence-electron chi connectivity index (χ4n) is 2.00. The molecule has 4 N–H and O–H groups in total. The number of hydrogen-bond acceptors (Lipinski definition) is 4. The van der Waals surface area contributed by atoms with E-state index in [0.717, 1.165) is 26.1 Å². The van der Waals surface area contributed by atoms with E-state index < -0.39 is 6.03 Å². The van der Waals surface area contributed by atoms with Gasteiger partial charge in [0.25, 0.3) is 0 Å². The standard InChI is InChI=1S/C10H20N4O2/c1-2-14(8-3-5-12-7-8)6-4-9(15)13-10(11)16/h8,12H,2-7H2,1H3,(H3,11,13,15,16). The van der Waals surface area contributed by atoms with E-state index in [1.807, 2.05) is 0 Å². The number of nitrogens with zero attached hydrogens (tertiary/aromatic N) is 1. The van der Waals surface area contributed by atoms with Crippen molar-refractivity contribution in [1.82, 2.24) is 15.5 Å². The summed E-state index contributed by atoms with van der Waals surface area (Å²) in [6.45, 7) is 5.67. The highest BCUT2D eigenvalue weighted by atomic mass is 16.2. The van der Waals surface area contributed by atoms with Crippen molar-refractivity contribution in [2.75, 3.05) is 26.2 Å². The van der Waals surface area contributed by atoms with Gasteiger partial charge in [-0.25, -0.2) is 4.79 Å². The maximum atomic E-state index is 11.2. The van der Waals surface area contributed by atoms with Gasteiger partial charge in [0.2, 0.25) is 5.91 Å². The lowest BCUT2D eigenvalue weighted by molar-refractivity contribution is -0.120. The number of primary amides is 1. The Morgan fingerprint density at radius 1 is 1.56 bits per heavy atom. The summed E-state index contributed by atoms with van der Waals surface area (Å²) >= 11 is 0. The molecule has 6 heteroatoms. The second-order valence-corrected chi connectivity index (χ2v) is 3.94. The third kappa shape index (κ3) is 4.16. The molecule has 1 heterocycles. The molecule has 0 spiro atoms. The average molecular weight is 228 g/mol. The van der Waals surface area contributed by atoms with Gasteiger partial charge < -0.3 is 11.1 Å². The molecule has 1 aliphatic heterocycles. The zero-order valence-electron chi connectivity index (χ0n) is 9.66. The molecule has 0 aromatic rings. The van der Waals surface area contributed by atoms with Crippen LogP contribution in [0.5, 0.6) is 0 Å². The van der Waals surface area contributed by atoms with Crippen molar-refractivity contribution in [2.24, 2.45) is 5.73 Å². The molecule has 1 unspecified atom stereocenters. The van der Waals surface area contributed by atoms with Crippen molar-refractivity contribution < 1.29 is 9.59 Å². The number of hydrogen-bond donors (Lipinski definition) is 3. The lowest BCUT2D eigenvalue weighted by Gasteiger charge is -2.26. The van der Waals surface area contributed by atoms with E-state index in [9.17, 15) is 9.59 Å². The second kappa shape index (κ2) is 6.44. The number of carbonyl (C=O) groups is 2. The molecular formula is C10H20N4O2. The quantitative estimate of drug-likeness (QED) is 0.578. The van der Waals surface area contributed by atoms with Crippen molar-refractivity contribution in [3.8, 4) is 0 Å². The second-order valence-electron chi connectivity index (χ2n) is 3.94. The van der Waals surface area contributed by atoms with Crippen LogP contribution in [0.1, 0.15) is 19.8 Å². The SMILES string of the molecule is CCN(CCC(=O)NC(N)=O)C1CCNC1. The summed E-state index contributed by atoms with van der Waals surface area (Å²) in [5.74, 6) is -0.308. The first-order valence-electron chi connectivity index (χ1n) is 5.67. The molecule has 92 valence electrons. The average Bonchev–Trinajstić information content (AvgIpc) is 2.71. The Labute approximate surface area is 95.5 Å². The minimum atomic E-state index is -0.782. The third-order valence-corrected chi connectivity index (χ3v) is 2.85. The van der Waals surface area contributed by atoms with Crippen LogP contribution in [-0.2, 0) is 4.79 Å². The van der Waals surface area contributed by atoms with Crippen molar-refractivity contribution in [3.63, 3.8) is 0 Å². The van der Waals surface area contributed by atoms with Crippen LogP contribution < -0.4 is 16.4 Å². The maximum Gasteiger partial charge on any atom is 0.318 e. The van der Waals surface area contributed by atoms with Crippen molar-refractivity contribution in [3.05, 3.63) is 0 Å². The molecule has 0 saturated carbocycles. The van der Waals surface area contributed by atoms with Gasteiger partial charge in [0.1, 0.15) is 0 Å². The molecule has 3 amide bonds. The monoisotopic (exact) mass is 228 g/mol. The first-order valence-corrected chi connectivity index (χ1v) is 5.67. The Bertz CT molecular complexity index is 251. The summed E-state index contributed by atoms with van der Waals surface area (Å²) in [5.41, 5.74) is 4.86. The van der Waals surface area contributed by atoms with Crippen LogP contribution in [0.2, 0.25) is 0 Å². The van der Waals surface area contributed by atoms with Gasteiger partial charge in [-0.2, -0.15) is 0 Å². The van der Waals surface area contributed by atoms with Gasteiger partial charge in [0, 0.05) is 25.6 Å². The van der Waals surface area contributed by atoms with Gasteiger partial charge in [0.05, 0.1) is 0 Å². The maximum absolute atomic E-state index is 11.2. The molecule has 1 aliphatic rings. The fraction of sp³-hybridized carbons (Fsp3) is 0.800. The molecule has 1 rings (SSSR count). The Hall–Kier alpha value is -1.14. The molecule has 1 fully saturated rings. The summed E-state index contributed by atoms with van der Waals surface area (Å²) in [5, 5.41) is 5.36. The number of likely N-dealkylation sites (N-methyl/N-ethyl adjacent to an activating group) is 1. The van der Waals surface area contributed by atoms with Crippen LogP contribution in [0, 0.1) is 0 Å². The molecule has 6 nitrogen and oxygen atoms in total. The number of imide groups is 1. The van der Waals surface area contributed by atoms with Crippen LogP contribution >= 0.6 is 0 Å². The topological polar surface area (TPSA) is 87.5 Å². The first-order chi connectivity index (χ1) is 7.63. The summed E-state index contributed by atoms with van der Waals surface area (Å²) in [6, 6.07) is -0.276. The molecule has 1 saturated heterocycles. The van der Waals surface area contributed by atoms with Gasteiger partial charge in [-0.05, 0) is 19.5 Å². The van der Waals surface area contributed by atoms with E-state index in [2.05, 4.69) is 22.5 Å². The highest BCUT2D eigenvalue weighted by Gasteiger charge is 2.21. The fourth-order valence-corrected chi connectivity index (χ4v) is 2.00. The molecule has 0 bridgehead atoms. The van der Waals surface area contributed by atoms with Crippen LogP contribution in [0.4, 0.5) is 4.79 Å². The number of urea groups is 1. The van der Waals surface area contributed by atoms with Crippen molar-refractivity contribution in [2.45, 2.75) is 25.8 Å². The molecular weight excluding hydrogens is 208 g/mol. The van der Waals surface area contributed by atoms with E-state index in [1.165, 1.54) is 0 Å². The lowest BCUT2D eigenvalue weighted by atomic mass is 10.2. The van der Waals surface area contributed by atoms with Gasteiger partial charge in [-0.15, -0.1) is 0 Å². The predicted octanol–water partition coefficient (Wildman–Crippen LogP) is -0.745. The first kappa shape index (κ1) is 12.9. The zero-order chi connectivity index (χ0) is 12.0. The number of carbonyl (C=O) groups excluding carboxylic acids is 2. The summed E-state index contributed by atoms with van der Waals surface area (Å²) in [7, 11) is 0. The van der Waals surface area contributed by atoms with E-state index in [0.29, 0.717) is 19.0 Å². The van der Waals surface area contributed by atoms with Crippen molar-refractivity contribution in [1.29, 1.82) is 0 Å². The van der Waals surface area contributed by atoms with Crippen LogP contribution in [0.25, 0.3) is 0 Å². The molecule has 0 radical (unpaired) electrons. The Morgan fingerprint density at radius 3 is 2.81 bits per heavy atom. The molecule has 16 heavy (non-hydrogen) atoms. The Balaban J connectivity index is 2.27. The van der Waals surface area contributed by atoms with Crippen LogP contribution in [-0.4, -0.2) is 49.1 Å². The minimum absolute atomic E-state index is 0.308. The van der Waals surface area contributed by atoms with E-state index in [1.54, 1.807) is 0 Å². The molecule has 0 aromatic heterocycles. The number of rotatable bonds is 5. The molecule has 1 atom stereocenters. The molecule has 0 aromatic carbocycles. The van der Waals surface area contributed by atoms with E-state index in [4.69, 9.17) is 5.73 Å². The number of nitrogens with two attached hydrogens (primary N) is 1. The zero-order valence-corrected chi connectivity index (χ0v) is 9.66. The van der Waals surface area contributed by atoms with Crippen LogP contribution in [0.3, 0.4) is 0 Å². The number of nitrogens with one attached hydrogen (secondary N) is 2. The highest BCUT2D eigenvalue weighted by Crippen LogP contribution is 2.08. The highest BCUT2D eigenvalue weighted by molar-refractivity contribution is 5.93. The summed E-state index contributed by atoms with van der Waals surface area (Å²) < 4.78 is 0. The number of amides is 3. The Morgan fingerprint density at radius 2 is 2.31 bits per heavy atom.